The molecule has 0 saturated heterocycles. The number of aromatic nitrogens is 2. The van der Waals surface area contributed by atoms with Crippen molar-refractivity contribution in [3.8, 4) is 0 Å². The van der Waals surface area contributed by atoms with Crippen LogP contribution in [0.5, 0.6) is 0 Å². The normalized spacial score (nSPS) is 30.7. The molecule has 0 aromatic carbocycles. The van der Waals surface area contributed by atoms with Crippen molar-refractivity contribution in [2.75, 3.05) is 0 Å². The quantitative estimate of drug-likeness (QED) is 0.708. The summed E-state index contributed by atoms with van der Waals surface area (Å²) in [7, 11) is 0. The standard InChI is InChI=1S/C9H6Cl2F2N2/c10-7-3-1-5-6(9(5,12)13)2-4(3)8(11)15-14-7/h5-6H,1-2H2. The van der Waals surface area contributed by atoms with Crippen LogP contribution in [-0.2, 0) is 12.8 Å². The van der Waals surface area contributed by atoms with E-state index in [-0.39, 0.29) is 23.1 Å². The fourth-order valence-corrected chi connectivity index (χ4v) is 2.79. The Balaban J connectivity index is 2.08. The predicted molar refractivity (Wildman–Crippen MR) is 51.4 cm³/mol. The summed E-state index contributed by atoms with van der Waals surface area (Å²) in [4.78, 5) is 0. The van der Waals surface area contributed by atoms with Crippen LogP contribution in [-0.4, -0.2) is 16.1 Å². The lowest BCUT2D eigenvalue weighted by atomic mass is 9.95. The predicted octanol–water partition coefficient (Wildman–Crippen LogP) is 2.76. The highest BCUT2D eigenvalue weighted by Gasteiger charge is 2.69. The molecule has 0 N–H and O–H groups in total. The maximum absolute atomic E-state index is 13.2. The van der Waals surface area contributed by atoms with Crippen molar-refractivity contribution in [1.82, 2.24) is 10.2 Å². The van der Waals surface area contributed by atoms with Crippen molar-refractivity contribution < 1.29 is 8.78 Å². The Hall–Kier alpha value is -0.480. The van der Waals surface area contributed by atoms with E-state index < -0.39 is 17.8 Å². The molecule has 3 rings (SSSR count). The van der Waals surface area contributed by atoms with Gasteiger partial charge < -0.3 is 0 Å². The Labute approximate surface area is 94.6 Å². The molecular formula is C9H6Cl2F2N2. The summed E-state index contributed by atoms with van der Waals surface area (Å²) in [5.74, 6) is -3.73. The second-order valence-corrected chi connectivity index (χ2v) is 4.75. The highest BCUT2D eigenvalue weighted by atomic mass is 35.5. The Morgan fingerprint density at radius 3 is 1.80 bits per heavy atom. The number of halogens is 4. The third-order valence-corrected chi connectivity index (χ3v) is 3.91. The molecule has 1 aromatic heterocycles. The molecule has 2 aliphatic rings. The number of fused-ring (bicyclic) bond motifs is 2. The summed E-state index contributed by atoms with van der Waals surface area (Å²) in [5, 5.41) is 7.67. The zero-order valence-electron chi connectivity index (χ0n) is 7.48. The van der Waals surface area contributed by atoms with E-state index in [2.05, 4.69) is 10.2 Å². The van der Waals surface area contributed by atoms with Gasteiger partial charge in [-0.05, 0) is 24.0 Å². The average molecular weight is 251 g/mol. The first-order chi connectivity index (χ1) is 7.01. The largest absolute Gasteiger partial charge is 0.255 e. The fourth-order valence-electron chi connectivity index (χ4n) is 2.33. The van der Waals surface area contributed by atoms with Crippen molar-refractivity contribution >= 4 is 23.2 Å². The van der Waals surface area contributed by atoms with Crippen molar-refractivity contribution in [2.24, 2.45) is 11.8 Å². The van der Waals surface area contributed by atoms with Gasteiger partial charge in [0.05, 0.1) is 0 Å². The van der Waals surface area contributed by atoms with Gasteiger partial charge in [-0.2, -0.15) is 0 Å². The van der Waals surface area contributed by atoms with Crippen LogP contribution in [0, 0.1) is 11.8 Å². The summed E-state index contributed by atoms with van der Waals surface area (Å²) >= 11 is 11.6. The van der Waals surface area contributed by atoms with Gasteiger partial charge in [0.25, 0.3) is 5.92 Å². The molecule has 1 heterocycles. The molecule has 1 aromatic rings. The zero-order valence-corrected chi connectivity index (χ0v) is 8.99. The van der Waals surface area contributed by atoms with E-state index in [1.54, 1.807) is 0 Å². The second kappa shape index (κ2) is 2.80. The second-order valence-electron chi connectivity index (χ2n) is 4.03. The van der Waals surface area contributed by atoms with E-state index in [0.29, 0.717) is 11.1 Å². The van der Waals surface area contributed by atoms with Crippen molar-refractivity contribution in [1.29, 1.82) is 0 Å². The summed E-state index contributed by atoms with van der Waals surface area (Å²) in [5.41, 5.74) is 1.30. The van der Waals surface area contributed by atoms with E-state index in [1.807, 2.05) is 0 Å². The summed E-state index contributed by atoms with van der Waals surface area (Å²) < 4.78 is 26.4. The van der Waals surface area contributed by atoms with E-state index in [4.69, 9.17) is 23.2 Å². The molecule has 0 radical (unpaired) electrons. The van der Waals surface area contributed by atoms with Gasteiger partial charge >= 0.3 is 0 Å². The molecule has 0 spiro atoms. The van der Waals surface area contributed by atoms with Crippen molar-refractivity contribution in [3.05, 3.63) is 21.4 Å². The van der Waals surface area contributed by atoms with Gasteiger partial charge in [-0.25, -0.2) is 8.78 Å². The van der Waals surface area contributed by atoms with Crippen LogP contribution >= 0.6 is 23.2 Å². The van der Waals surface area contributed by atoms with Crippen molar-refractivity contribution in [2.45, 2.75) is 18.8 Å². The van der Waals surface area contributed by atoms with Gasteiger partial charge in [-0.3, -0.25) is 0 Å². The fraction of sp³-hybridized carbons (Fsp3) is 0.556. The van der Waals surface area contributed by atoms with Crippen LogP contribution in [0.3, 0.4) is 0 Å². The van der Waals surface area contributed by atoms with Crippen LogP contribution in [0.25, 0.3) is 0 Å². The molecule has 2 aliphatic carbocycles. The van der Waals surface area contributed by atoms with Crippen LogP contribution < -0.4 is 0 Å². The molecule has 1 saturated carbocycles. The van der Waals surface area contributed by atoms with Crippen LogP contribution in [0.2, 0.25) is 10.3 Å². The molecule has 0 bridgehead atoms. The number of rotatable bonds is 0. The number of hydrogen-bond donors (Lipinski definition) is 0. The van der Waals surface area contributed by atoms with Gasteiger partial charge in [-0.15, -0.1) is 10.2 Å². The van der Waals surface area contributed by atoms with Gasteiger partial charge in [0.2, 0.25) is 0 Å². The van der Waals surface area contributed by atoms with E-state index in [1.165, 1.54) is 0 Å². The zero-order chi connectivity index (χ0) is 10.8. The minimum Gasteiger partial charge on any atom is -0.206 e. The Kier molecular flexibility index (Phi) is 1.81. The van der Waals surface area contributed by atoms with Crippen LogP contribution in [0.15, 0.2) is 0 Å². The van der Waals surface area contributed by atoms with Gasteiger partial charge in [0, 0.05) is 11.8 Å². The topological polar surface area (TPSA) is 25.8 Å². The first-order valence-electron chi connectivity index (χ1n) is 4.59. The van der Waals surface area contributed by atoms with E-state index >= 15 is 0 Å². The number of hydrogen-bond acceptors (Lipinski definition) is 2. The molecule has 6 heteroatoms. The molecule has 2 nitrogen and oxygen atoms in total. The number of nitrogens with zero attached hydrogens (tertiary/aromatic N) is 2. The third-order valence-electron chi connectivity index (χ3n) is 3.30. The molecule has 15 heavy (non-hydrogen) atoms. The lowest BCUT2D eigenvalue weighted by Gasteiger charge is -2.14. The summed E-state index contributed by atoms with van der Waals surface area (Å²) in [6, 6.07) is 0. The maximum Gasteiger partial charge on any atom is 0.255 e. The molecule has 1 fully saturated rings. The van der Waals surface area contributed by atoms with Gasteiger partial charge in [0.1, 0.15) is 0 Å². The lowest BCUT2D eigenvalue weighted by Crippen LogP contribution is -2.09. The van der Waals surface area contributed by atoms with Gasteiger partial charge in [0.15, 0.2) is 10.3 Å². The number of alkyl halides is 2. The minimum absolute atomic E-state index is 0.204. The molecule has 80 valence electrons. The smallest absolute Gasteiger partial charge is 0.206 e. The highest BCUT2D eigenvalue weighted by molar-refractivity contribution is 6.32. The molecule has 0 aliphatic heterocycles. The average Bonchev–Trinajstić information content (AvgIpc) is 2.74. The highest BCUT2D eigenvalue weighted by Crippen LogP contribution is 2.61. The summed E-state index contributed by atoms with van der Waals surface area (Å²) in [6.07, 6.45) is 0.530. The maximum atomic E-state index is 13.2. The molecular weight excluding hydrogens is 245 g/mol. The van der Waals surface area contributed by atoms with E-state index in [9.17, 15) is 8.78 Å². The first-order valence-corrected chi connectivity index (χ1v) is 5.34. The first kappa shape index (κ1) is 9.73. The third kappa shape index (κ3) is 1.21. The van der Waals surface area contributed by atoms with E-state index in [0.717, 1.165) is 0 Å². The van der Waals surface area contributed by atoms with Gasteiger partial charge in [-0.1, -0.05) is 23.2 Å². The Bertz CT molecular complexity index is 411. The summed E-state index contributed by atoms with van der Waals surface area (Å²) in [6.45, 7) is 0. The van der Waals surface area contributed by atoms with Crippen molar-refractivity contribution in [3.63, 3.8) is 0 Å². The Morgan fingerprint density at radius 1 is 1.00 bits per heavy atom. The van der Waals surface area contributed by atoms with Crippen LogP contribution in [0.4, 0.5) is 8.78 Å². The Morgan fingerprint density at radius 2 is 1.40 bits per heavy atom. The monoisotopic (exact) mass is 250 g/mol. The molecule has 0 amide bonds. The van der Waals surface area contributed by atoms with Crippen LogP contribution in [0.1, 0.15) is 11.1 Å². The minimum atomic E-state index is -2.56. The molecule has 2 unspecified atom stereocenters. The SMILES string of the molecule is FC1(F)C2Cc3c(Cl)nnc(Cl)c3CC21. The molecule has 2 atom stereocenters. The lowest BCUT2D eigenvalue weighted by molar-refractivity contribution is 0.0855.